The minimum atomic E-state index is -3.52. The molecule has 8 heteroatoms. The van der Waals surface area contributed by atoms with Crippen molar-refractivity contribution in [1.29, 1.82) is 5.26 Å². The standard InChI is InChI=1S/C16H17N5O2S/c17-11-15-16(19-9-8-18-15)21-10-4-7-14(12-21)24(22,23)20-13-5-2-1-3-6-13/h1-3,5-6,8-9,14,20H,4,7,10,12H2/t14-/m1/s1. The quantitative estimate of drug-likeness (QED) is 0.908. The molecule has 1 fully saturated rings. The molecule has 1 atom stereocenters. The minimum absolute atomic E-state index is 0.214. The highest BCUT2D eigenvalue weighted by Gasteiger charge is 2.32. The van der Waals surface area contributed by atoms with Gasteiger partial charge in [-0.3, -0.25) is 4.72 Å². The largest absolute Gasteiger partial charge is 0.353 e. The zero-order chi connectivity index (χ0) is 17.0. The van der Waals surface area contributed by atoms with Gasteiger partial charge in [0.2, 0.25) is 10.0 Å². The second kappa shape index (κ2) is 6.84. The summed E-state index contributed by atoms with van der Waals surface area (Å²) in [5.41, 5.74) is 0.762. The summed E-state index contributed by atoms with van der Waals surface area (Å²) in [6.07, 6.45) is 4.25. The molecule has 0 amide bonds. The van der Waals surface area contributed by atoms with Gasteiger partial charge >= 0.3 is 0 Å². The Kier molecular flexibility index (Phi) is 4.62. The Labute approximate surface area is 141 Å². The predicted octanol–water partition coefficient (Wildman–Crippen LogP) is 1.76. The molecule has 1 aliphatic heterocycles. The lowest BCUT2D eigenvalue weighted by atomic mass is 10.1. The molecule has 7 nitrogen and oxygen atoms in total. The molecule has 1 aromatic carbocycles. The lowest BCUT2D eigenvalue weighted by Crippen LogP contribution is -2.44. The van der Waals surface area contributed by atoms with Crippen molar-refractivity contribution in [3.63, 3.8) is 0 Å². The number of para-hydroxylation sites is 1. The summed E-state index contributed by atoms with van der Waals surface area (Å²) in [5, 5.41) is 8.59. The van der Waals surface area contributed by atoms with E-state index >= 15 is 0 Å². The molecule has 0 spiro atoms. The molecule has 3 rings (SSSR count). The van der Waals surface area contributed by atoms with Crippen LogP contribution in [0, 0.1) is 11.3 Å². The first-order valence-corrected chi connectivity index (χ1v) is 9.17. The Morgan fingerprint density at radius 2 is 1.96 bits per heavy atom. The van der Waals surface area contributed by atoms with E-state index in [1.807, 2.05) is 17.0 Å². The molecule has 0 aliphatic carbocycles. The van der Waals surface area contributed by atoms with Crippen molar-refractivity contribution in [3.05, 3.63) is 48.4 Å². The first-order valence-electron chi connectivity index (χ1n) is 7.63. The maximum absolute atomic E-state index is 12.6. The predicted molar refractivity (Wildman–Crippen MR) is 91.0 cm³/mol. The molecule has 0 radical (unpaired) electrons. The van der Waals surface area contributed by atoms with Gasteiger partial charge in [0.05, 0.1) is 5.25 Å². The third kappa shape index (κ3) is 3.46. The van der Waals surface area contributed by atoms with E-state index in [0.29, 0.717) is 30.9 Å². The first kappa shape index (κ1) is 16.2. The number of nitrogens with zero attached hydrogens (tertiary/aromatic N) is 4. The van der Waals surface area contributed by atoms with Crippen LogP contribution in [0.25, 0.3) is 0 Å². The number of aromatic nitrogens is 2. The third-order valence-electron chi connectivity index (χ3n) is 3.94. The number of nitrogens with one attached hydrogen (secondary N) is 1. The van der Waals surface area contributed by atoms with E-state index < -0.39 is 15.3 Å². The van der Waals surface area contributed by atoms with Crippen molar-refractivity contribution in [2.45, 2.75) is 18.1 Å². The fraction of sp³-hybridized carbons (Fsp3) is 0.312. The Bertz CT molecular complexity index is 848. The highest BCUT2D eigenvalue weighted by molar-refractivity contribution is 7.93. The van der Waals surface area contributed by atoms with Crippen molar-refractivity contribution in [1.82, 2.24) is 9.97 Å². The lowest BCUT2D eigenvalue weighted by Gasteiger charge is -2.33. The third-order valence-corrected chi connectivity index (χ3v) is 5.72. The van der Waals surface area contributed by atoms with E-state index in [1.54, 1.807) is 24.3 Å². The SMILES string of the molecule is N#Cc1nccnc1N1CCC[C@@H](S(=O)(=O)Nc2ccccc2)C1. The molecule has 2 aromatic rings. The highest BCUT2D eigenvalue weighted by atomic mass is 32.2. The van der Waals surface area contributed by atoms with E-state index in [1.165, 1.54) is 12.4 Å². The first-order chi connectivity index (χ1) is 11.6. The van der Waals surface area contributed by atoms with Crippen LogP contribution in [-0.4, -0.2) is 36.7 Å². The topological polar surface area (TPSA) is 99.0 Å². The van der Waals surface area contributed by atoms with Crippen molar-refractivity contribution >= 4 is 21.5 Å². The van der Waals surface area contributed by atoms with Gasteiger partial charge in [-0.05, 0) is 25.0 Å². The van der Waals surface area contributed by atoms with E-state index in [2.05, 4.69) is 14.7 Å². The van der Waals surface area contributed by atoms with Crippen molar-refractivity contribution in [2.24, 2.45) is 0 Å². The van der Waals surface area contributed by atoms with Gasteiger partial charge in [-0.15, -0.1) is 0 Å². The van der Waals surface area contributed by atoms with Crippen LogP contribution >= 0.6 is 0 Å². The van der Waals surface area contributed by atoms with Crippen molar-refractivity contribution < 1.29 is 8.42 Å². The molecule has 1 aromatic heterocycles. The molecule has 1 N–H and O–H groups in total. The second-order valence-corrected chi connectivity index (χ2v) is 7.52. The van der Waals surface area contributed by atoms with Gasteiger partial charge in [0.15, 0.2) is 11.5 Å². The average molecular weight is 343 g/mol. The van der Waals surface area contributed by atoms with Gasteiger partial charge in [0.25, 0.3) is 0 Å². The van der Waals surface area contributed by atoms with E-state index in [0.717, 1.165) is 0 Å². The van der Waals surface area contributed by atoms with Gasteiger partial charge in [-0.2, -0.15) is 5.26 Å². The normalized spacial score (nSPS) is 18.0. The molecule has 0 unspecified atom stereocenters. The monoisotopic (exact) mass is 343 g/mol. The Morgan fingerprint density at radius 3 is 2.71 bits per heavy atom. The summed E-state index contributed by atoms with van der Waals surface area (Å²) in [6, 6.07) is 10.8. The fourth-order valence-corrected chi connectivity index (χ4v) is 4.26. The summed E-state index contributed by atoms with van der Waals surface area (Å²) < 4.78 is 27.9. The van der Waals surface area contributed by atoms with Crippen LogP contribution in [0.15, 0.2) is 42.7 Å². The molecule has 124 valence electrons. The van der Waals surface area contributed by atoms with Gasteiger partial charge in [-0.1, -0.05) is 18.2 Å². The van der Waals surface area contributed by atoms with Crippen LogP contribution in [0.1, 0.15) is 18.5 Å². The number of hydrogen-bond donors (Lipinski definition) is 1. The number of sulfonamides is 1. The molecular weight excluding hydrogens is 326 g/mol. The summed E-state index contributed by atoms with van der Waals surface area (Å²) in [6.45, 7) is 0.945. The van der Waals surface area contributed by atoms with Crippen LogP contribution in [-0.2, 0) is 10.0 Å². The number of nitriles is 1. The Hall–Kier alpha value is -2.66. The zero-order valence-electron chi connectivity index (χ0n) is 13.0. The van der Waals surface area contributed by atoms with Crippen molar-refractivity contribution in [2.75, 3.05) is 22.7 Å². The van der Waals surface area contributed by atoms with Crippen molar-refractivity contribution in [3.8, 4) is 6.07 Å². The number of rotatable bonds is 4. The van der Waals surface area contributed by atoms with Crippen LogP contribution < -0.4 is 9.62 Å². The van der Waals surface area contributed by atoms with Crippen LogP contribution in [0.4, 0.5) is 11.5 Å². The van der Waals surface area contributed by atoms with Gasteiger partial charge < -0.3 is 4.90 Å². The van der Waals surface area contributed by atoms with Gasteiger partial charge in [0.1, 0.15) is 6.07 Å². The molecule has 0 bridgehead atoms. The molecule has 0 saturated carbocycles. The summed E-state index contributed by atoms with van der Waals surface area (Å²) in [7, 11) is -3.52. The zero-order valence-corrected chi connectivity index (χ0v) is 13.8. The maximum atomic E-state index is 12.6. The summed E-state index contributed by atoms with van der Waals surface area (Å²) in [5.74, 6) is 0.444. The molecular formula is C16H17N5O2S. The lowest BCUT2D eigenvalue weighted by molar-refractivity contribution is 0.533. The average Bonchev–Trinajstić information content (AvgIpc) is 2.62. The molecule has 1 saturated heterocycles. The Balaban J connectivity index is 1.79. The highest BCUT2D eigenvalue weighted by Crippen LogP contribution is 2.24. The van der Waals surface area contributed by atoms with Gasteiger partial charge in [-0.25, -0.2) is 18.4 Å². The van der Waals surface area contributed by atoms with E-state index in [4.69, 9.17) is 5.26 Å². The van der Waals surface area contributed by atoms with Crippen LogP contribution in [0.5, 0.6) is 0 Å². The molecule has 24 heavy (non-hydrogen) atoms. The smallest absolute Gasteiger partial charge is 0.237 e. The van der Waals surface area contributed by atoms with Crippen LogP contribution in [0.3, 0.4) is 0 Å². The number of piperidine rings is 1. The number of benzene rings is 1. The number of hydrogen-bond acceptors (Lipinski definition) is 6. The summed E-state index contributed by atoms with van der Waals surface area (Å²) in [4.78, 5) is 10.0. The van der Waals surface area contributed by atoms with E-state index in [9.17, 15) is 8.42 Å². The summed E-state index contributed by atoms with van der Waals surface area (Å²) >= 11 is 0. The fourth-order valence-electron chi connectivity index (χ4n) is 2.78. The minimum Gasteiger partial charge on any atom is -0.353 e. The molecule has 1 aliphatic rings. The number of anilines is 2. The second-order valence-electron chi connectivity index (χ2n) is 5.56. The molecule has 2 heterocycles. The van der Waals surface area contributed by atoms with Crippen LogP contribution in [0.2, 0.25) is 0 Å². The van der Waals surface area contributed by atoms with Gasteiger partial charge in [0, 0.05) is 31.2 Å². The maximum Gasteiger partial charge on any atom is 0.237 e. The van der Waals surface area contributed by atoms with E-state index in [-0.39, 0.29) is 12.2 Å². The Morgan fingerprint density at radius 1 is 1.21 bits per heavy atom.